The highest BCUT2D eigenvalue weighted by Gasteiger charge is 2.34. The molecule has 2 aromatic carbocycles. The molecule has 9 nitrogen and oxygen atoms in total. The molecule has 0 radical (unpaired) electrons. The molecular formula is C31H38N6O3. The number of benzene rings is 2. The first-order valence-electron chi connectivity index (χ1n) is 14.3. The average molecular weight is 543 g/mol. The van der Waals surface area contributed by atoms with Gasteiger partial charge in [0.25, 0.3) is 5.91 Å². The molecular weight excluding hydrogens is 504 g/mol. The average Bonchev–Trinajstić information content (AvgIpc) is 3.45. The molecule has 1 aliphatic heterocycles. The Hall–Kier alpha value is -3.98. The number of carbonyl (C=O) groups is 3. The molecule has 9 heteroatoms. The molecule has 1 atom stereocenters. The highest BCUT2D eigenvalue weighted by molar-refractivity contribution is 5.99. The molecule has 0 spiro atoms. The van der Waals surface area contributed by atoms with Crippen LogP contribution in [0.25, 0.3) is 11.3 Å². The molecule has 1 aromatic heterocycles. The van der Waals surface area contributed by atoms with Gasteiger partial charge in [-0.05, 0) is 25.0 Å². The minimum absolute atomic E-state index is 0.0161. The smallest absolute Gasteiger partial charge is 0.275 e. The molecule has 3 N–H and O–H groups in total. The van der Waals surface area contributed by atoms with Crippen LogP contribution in [0, 0.1) is 0 Å². The Labute approximate surface area is 235 Å². The van der Waals surface area contributed by atoms with E-state index >= 15 is 0 Å². The number of amides is 3. The Balaban J connectivity index is 1.45. The molecule has 40 heavy (non-hydrogen) atoms. The lowest BCUT2D eigenvalue weighted by Crippen LogP contribution is -2.58. The molecule has 3 amide bonds. The van der Waals surface area contributed by atoms with Gasteiger partial charge in [0.2, 0.25) is 11.8 Å². The van der Waals surface area contributed by atoms with Crippen molar-refractivity contribution < 1.29 is 14.4 Å². The molecule has 0 bridgehead atoms. The number of nitrogens with two attached hydrogens (primary N) is 1. The van der Waals surface area contributed by atoms with Crippen molar-refractivity contribution in [3.63, 3.8) is 0 Å². The number of anilines is 1. The summed E-state index contributed by atoms with van der Waals surface area (Å²) < 4.78 is 2.21. The predicted octanol–water partition coefficient (Wildman–Crippen LogP) is 3.77. The van der Waals surface area contributed by atoms with Gasteiger partial charge in [-0.2, -0.15) is 0 Å². The number of nitrogens with zero attached hydrogens (tertiary/aromatic N) is 4. The second-order valence-electron chi connectivity index (χ2n) is 10.7. The Morgan fingerprint density at radius 2 is 1.65 bits per heavy atom. The van der Waals surface area contributed by atoms with E-state index in [2.05, 4.69) is 9.88 Å². The van der Waals surface area contributed by atoms with Crippen molar-refractivity contribution in [2.24, 2.45) is 5.73 Å². The van der Waals surface area contributed by atoms with Gasteiger partial charge in [-0.1, -0.05) is 67.8 Å². The number of primary amides is 1. The standard InChI is InChI=1S/C31H38N6O3/c32-27(38)16-17-28(39)36(24-12-6-2-7-13-24)21-26-20-33-18-19-35(26)31(40)29-30(23-10-4-1-5-11-23)37(22-34-29)25-14-8-3-9-15-25/h1-2,4-7,10-13,22,25-26,33H,3,8-9,14-21H2,(H2,32,38)/t26-/m0/s1. The predicted molar refractivity (Wildman–Crippen MR) is 155 cm³/mol. The van der Waals surface area contributed by atoms with Gasteiger partial charge < -0.3 is 25.4 Å². The van der Waals surface area contributed by atoms with Gasteiger partial charge in [-0.25, -0.2) is 4.98 Å². The number of aromatic nitrogens is 2. The normalized spacial score (nSPS) is 17.9. The van der Waals surface area contributed by atoms with Crippen LogP contribution in [0.3, 0.4) is 0 Å². The molecule has 210 valence electrons. The van der Waals surface area contributed by atoms with Crippen molar-refractivity contribution in [2.75, 3.05) is 31.1 Å². The number of piperazine rings is 1. The maximum Gasteiger partial charge on any atom is 0.275 e. The van der Waals surface area contributed by atoms with Gasteiger partial charge in [0.1, 0.15) is 0 Å². The lowest BCUT2D eigenvalue weighted by molar-refractivity contribution is -0.123. The Kier molecular flexibility index (Phi) is 8.91. The highest BCUT2D eigenvalue weighted by atomic mass is 16.2. The summed E-state index contributed by atoms with van der Waals surface area (Å²) >= 11 is 0. The summed E-state index contributed by atoms with van der Waals surface area (Å²) in [5, 5.41) is 3.39. The van der Waals surface area contributed by atoms with Crippen LogP contribution in [-0.4, -0.2) is 64.4 Å². The lowest BCUT2D eigenvalue weighted by atomic mass is 9.94. The Morgan fingerprint density at radius 3 is 2.35 bits per heavy atom. The van der Waals surface area contributed by atoms with E-state index in [0.717, 1.165) is 29.8 Å². The summed E-state index contributed by atoms with van der Waals surface area (Å²) in [6.07, 6.45) is 7.61. The van der Waals surface area contributed by atoms with Crippen molar-refractivity contribution in [1.29, 1.82) is 0 Å². The first-order chi connectivity index (χ1) is 19.5. The van der Waals surface area contributed by atoms with Gasteiger partial charge in [0.05, 0.1) is 18.1 Å². The minimum atomic E-state index is -0.514. The number of nitrogens with one attached hydrogen (secondary N) is 1. The van der Waals surface area contributed by atoms with Crippen LogP contribution in [0.15, 0.2) is 67.0 Å². The number of carbonyl (C=O) groups excluding carboxylic acids is 3. The zero-order chi connectivity index (χ0) is 27.9. The molecule has 1 aliphatic carbocycles. The molecule has 2 aliphatic rings. The van der Waals surface area contributed by atoms with Crippen LogP contribution in [0.5, 0.6) is 0 Å². The first kappa shape index (κ1) is 27.6. The van der Waals surface area contributed by atoms with Gasteiger partial charge in [-0.15, -0.1) is 0 Å². The third-order valence-corrected chi connectivity index (χ3v) is 7.97. The molecule has 0 unspecified atom stereocenters. The fourth-order valence-electron chi connectivity index (χ4n) is 5.90. The lowest BCUT2D eigenvalue weighted by Gasteiger charge is -2.39. The third kappa shape index (κ3) is 6.25. The molecule has 3 aromatic rings. The Morgan fingerprint density at radius 1 is 0.950 bits per heavy atom. The van der Waals surface area contributed by atoms with Gasteiger partial charge >= 0.3 is 0 Å². The minimum Gasteiger partial charge on any atom is -0.370 e. The SMILES string of the molecule is NC(=O)CCC(=O)N(C[C@@H]1CNCCN1C(=O)c1ncn(C2CCCCC2)c1-c1ccccc1)c1ccccc1. The van der Waals surface area contributed by atoms with E-state index in [4.69, 9.17) is 10.7 Å². The molecule has 1 saturated heterocycles. The zero-order valence-corrected chi connectivity index (χ0v) is 22.9. The van der Waals surface area contributed by atoms with E-state index in [1.807, 2.05) is 71.9 Å². The van der Waals surface area contributed by atoms with E-state index in [1.54, 1.807) is 4.90 Å². The fourth-order valence-corrected chi connectivity index (χ4v) is 5.90. The summed E-state index contributed by atoms with van der Waals surface area (Å²) in [6.45, 7) is 2.01. The van der Waals surface area contributed by atoms with Crippen LogP contribution in [0.1, 0.15) is 61.5 Å². The number of hydrogen-bond donors (Lipinski definition) is 2. The Bertz CT molecular complexity index is 1300. The van der Waals surface area contributed by atoms with Crippen molar-refractivity contribution >= 4 is 23.4 Å². The maximum atomic E-state index is 14.3. The number of imidazole rings is 1. The molecule has 2 fully saturated rings. The topological polar surface area (TPSA) is 114 Å². The largest absolute Gasteiger partial charge is 0.370 e. The highest BCUT2D eigenvalue weighted by Crippen LogP contribution is 2.34. The second kappa shape index (κ2) is 12.9. The van der Waals surface area contributed by atoms with E-state index in [9.17, 15) is 14.4 Å². The van der Waals surface area contributed by atoms with Crippen LogP contribution >= 0.6 is 0 Å². The van der Waals surface area contributed by atoms with E-state index in [1.165, 1.54) is 19.3 Å². The molecule has 5 rings (SSSR count). The first-order valence-corrected chi connectivity index (χ1v) is 14.3. The summed E-state index contributed by atoms with van der Waals surface area (Å²) in [4.78, 5) is 47.2. The summed E-state index contributed by atoms with van der Waals surface area (Å²) in [7, 11) is 0. The maximum absolute atomic E-state index is 14.3. The molecule has 1 saturated carbocycles. The third-order valence-electron chi connectivity index (χ3n) is 7.97. The number of rotatable bonds is 9. The van der Waals surface area contributed by atoms with Crippen molar-refractivity contribution in [3.05, 3.63) is 72.7 Å². The zero-order valence-electron chi connectivity index (χ0n) is 22.9. The summed E-state index contributed by atoms with van der Waals surface area (Å²) in [5.41, 5.74) is 8.35. The van der Waals surface area contributed by atoms with Crippen LogP contribution in [-0.2, 0) is 9.59 Å². The van der Waals surface area contributed by atoms with Gasteiger partial charge in [-0.3, -0.25) is 14.4 Å². The summed E-state index contributed by atoms with van der Waals surface area (Å²) in [5.74, 6) is -0.841. The molecule has 2 heterocycles. The monoisotopic (exact) mass is 542 g/mol. The number of para-hydroxylation sites is 1. The second-order valence-corrected chi connectivity index (χ2v) is 10.7. The van der Waals surface area contributed by atoms with Crippen molar-refractivity contribution in [3.8, 4) is 11.3 Å². The van der Waals surface area contributed by atoms with Crippen LogP contribution < -0.4 is 16.0 Å². The van der Waals surface area contributed by atoms with Crippen molar-refractivity contribution in [1.82, 2.24) is 19.8 Å². The van der Waals surface area contributed by atoms with E-state index in [-0.39, 0.29) is 30.7 Å². The quantitative estimate of drug-likeness (QED) is 0.427. The summed E-state index contributed by atoms with van der Waals surface area (Å²) in [6, 6.07) is 19.5. The number of hydrogen-bond acceptors (Lipinski definition) is 5. The van der Waals surface area contributed by atoms with Gasteiger partial charge in [0, 0.05) is 56.3 Å². The van der Waals surface area contributed by atoms with E-state index < -0.39 is 5.91 Å². The fraction of sp³-hybridized carbons (Fsp3) is 0.419. The van der Waals surface area contributed by atoms with Crippen LogP contribution in [0.2, 0.25) is 0 Å². The van der Waals surface area contributed by atoms with Crippen molar-refractivity contribution in [2.45, 2.75) is 57.0 Å². The van der Waals surface area contributed by atoms with Gasteiger partial charge in [0.15, 0.2) is 5.69 Å². The van der Waals surface area contributed by atoms with E-state index in [0.29, 0.717) is 37.9 Å². The van der Waals surface area contributed by atoms with Crippen LogP contribution in [0.4, 0.5) is 5.69 Å².